The average Bonchev–Trinajstić information content (AvgIpc) is 2.82. The van der Waals surface area contributed by atoms with Crippen LogP contribution in [0.3, 0.4) is 0 Å². The predicted octanol–water partition coefficient (Wildman–Crippen LogP) is 4.18. The molecule has 0 N–H and O–H groups in total. The highest BCUT2D eigenvalue weighted by atomic mass is 16.6. The van der Waals surface area contributed by atoms with Gasteiger partial charge < -0.3 is 4.74 Å². The van der Waals surface area contributed by atoms with E-state index in [9.17, 15) is 4.79 Å². The molecular formula is C21H33NO2. The van der Waals surface area contributed by atoms with Crippen LogP contribution in [-0.4, -0.2) is 36.1 Å². The molecule has 24 heavy (non-hydrogen) atoms. The Morgan fingerprint density at radius 2 is 2.17 bits per heavy atom. The molecule has 0 unspecified atom stereocenters. The summed E-state index contributed by atoms with van der Waals surface area (Å²) in [5.41, 5.74) is 1.75. The van der Waals surface area contributed by atoms with Crippen LogP contribution in [0.2, 0.25) is 0 Å². The second kappa shape index (κ2) is 6.16. The van der Waals surface area contributed by atoms with Gasteiger partial charge in [0.1, 0.15) is 6.10 Å². The van der Waals surface area contributed by atoms with E-state index in [1.54, 1.807) is 0 Å². The summed E-state index contributed by atoms with van der Waals surface area (Å²) in [6.07, 6.45) is 9.93. The zero-order valence-electron chi connectivity index (χ0n) is 15.4. The largest absolute Gasteiger partial charge is 0.462 e. The summed E-state index contributed by atoms with van der Waals surface area (Å²) in [5.74, 6) is 1.19. The molecule has 2 saturated carbocycles. The second-order valence-corrected chi connectivity index (χ2v) is 9.24. The van der Waals surface area contributed by atoms with E-state index < -0.39 is 0 Å². The lowest BCUT2D eigenvalue weighted by Gasteiger charge is -2.50. The monoisotopic (exact) mass is 331 g/mol. The maximum Gasteiger partial charge on any atom is 0.310 e. The Kier molecular flexibility index (Phi) is 4.27. The molecule has 0 aromatic rings. The number of ether oxygens (including phenoxy) is 1. The van der Waals surface area contributed by atoms with Gasteiger partial charge in [-0.1, -0.05) is 25.5 Å². The first-order chi connectivity index (χ1) is 11.5. The van der Waals surface area contributed by atoms with Gasteiger partial charge in [0.05, 0.1) is 5.92 Å². The molecule has 134 valence electrons. The van der Waals surface area contributed by atoms with Gasteiger partial charge in [-0.15, -0.1) is 0 Å². The average molecular weight is 332 g/mol. The third-order valence-electron chi connectivity index (χ3n) is 7.69. The highest BCUT2D eigenvalue weighted by molar-refractivity contribution is 5.75. The van der Waals surface area contributed by atoms with Crippen molar-refractivity contribution in [1.29, 1.82) is 0 Å². The van der Waals surface area contributed by atoms with Crippen molar-refractivity contribution in [3.8, 4) is 0 Å². The normalized spacial score (nSPS) is 46.3. The summed E-state index contributed by atoms with van der Waals surface area (Å²) in [6.45, 7) is 11.2. The molecule has 0 radical (unpaired) electrons. The van der Waals surface area contributed by atoms with Crippen molar-refractivity contribution in [2.45, 2.75) is 77.4 Å². The van der Waals surface area contributed by atoms with E-state index >= 15 is 0 Å². The van der Waals surface area contributed by atoms with Crippen LogP contribution in [0.15, 0.2) is 12.2 Å². The molecule has 2 aliphatic heterocycles. The molecule has 4 aliphatic rings. The van der Waals surface area contributed by atoms with Gasteiger partial charge in [0.15, 0.2) is 0 Å². The molecule has 0 spiro atoms. The smallest absolute Gasteiger partial charge is 0.310 e. The van der Waals surface area contributed by atoms with Crippen LogP contribution in [0, 0.1) is 23.2 Å². The number of hydrogen-bond acceptors (Lipinski definition) is 3. The first-order valence-corrected chi connectivity index (χ1v) is 10.1. The minimum absolute atomic E-state index is 0.0793. The van der Waals surface area contributed by atoms with E-state index in [4.69, 9.17) is 4.74 Å². The van der Waals surface area contributed by atoms with Gasteiger partial charge in [-0.25, -0.2) is 0 Å². The Morgan fingerprint density at radius 3 is 2.96 bits per heavy atom. The molecule has 2 aliphatic carbocycles. The maximum atomic E-state index is 12.6. The van der Waals surface area contributed by atoms with Gasteiger partial charge in [-0.3, -0.25) is 9.69 Å². The first-order valence-electron chi connectivity index (χ1n) is 10.1. The van der Waals surface area contributed by atoms with Crippen LogP contribution >= 0.6 is 0 Å². The lowest BCUT2D eigenvalue weighted by molar-refractivity contribution is -0.146. The van der Waals surface area contributed by atoms with Crippen molar-refractivity contribution in [3.05, 3.63) is 12.2 Å². The molecule has 0 amide bonds. The molecule has 3 nitrogen and oxygen atoms in total. The van der Waals surface area contributed by atoms with E-state index in [-0.39, 0.29) is 18.0 Å². The predicted molar refractivity (Wildman–Crippen MR) is 95.6 cm³/mol. The van der Waals surface area contributed by atoms with Crippen LogP contribution in [0.25, 0.3) is 0 Å². The van der Waals surface area contributed by atoms with E-state index in [0.717, 1.165) is 25.9 Å². The molecule has 4 rings (SSSR count). The Bertz CT molecular complexity index is 530. The number of hydrogen-bond donors (Lipinski definition) is 0. The van der Waals surface area contributed by atoms with Gasteiger partial charge in [-0.2, -0.15) is 0 Å². The highest BCUT2D eigenvalue weighted by Crippen LogP contribution is 2.57. The van der Waals surface area contributed by atoms with Crippen LogP contribution < -0.4 is 0 Å². The second-order valence-electron chi connectivity index (χ2n) is 9.24. The number of allylic oxidation sites excluding steroid dienone is 1. The lowest BCUT2D eigenvalue weighted by Crippen LogP contribution is -2.47. The van der Waals surface area contributed by atoms with Crippen molar-refractivity contribution in [2.24, 2.45) is 23.2 Å². The van der Waals surface area contributed by atoms with Gasteiger partial charge in [0, 0.05) is 18.5 Å². The minimum atomic E-state index is 0.0793. The third-order valence-corrected chi connectivity index (χ3v) is 7.69. The Morgan fingerprint density at radius 1 is 1.33 bits per heavy atom. The van der Waals surface area contributed by atoms with Crippen LogP contribution in [0.1, 0.15) is 65.2 Å². The number of likely N-dealkylation sites (tertiary alicyclic amines) is 1. The molecule has 4 fully saturated rings. The third kappa shape index (κ3) is 2.73. The fraction of sp³-hybridized carbons (Fsp3) is 0.857. The minimum Gasteiger partial charge on any atom is -0.462 e. The van der Waals surface area contributed by atoms with Gasteiger partial charge in [-0.05, 0) is 69.7 Å². The Labute approximate surface area is 146 Å². The number of nitrogens with zero attached hydrogens (tertiary/aromatic N) is 1. The van der Waals surface area contributed by atoms with E-state index in [2.05, 4.69) is 25.3 Å². The van der Waals surface area contributed by atoms with Crippen molar-refractivity contribution in [2.75, 3.05) is 13.1 Å². The zero-order valence-corrected chi connectivity index (χ0v) is 15.4. The number of carbonyl (C=O) groups is 1. The number of piperidine rings is 1. The molecule has 0 aromatic carbocycles. The summed E-state index contributed by atoms with van der Waals surface area (Å²) in [4.78, 5) is 15.2. The van der Waals surface area contributed by atoms with Crippen molar-refractivity contribution < 1.29 is 9.53 Å². The molecule has 6 atom stereocenters. The van der Waals surface area contributed by atoms with Crippen LogP contribution in [0.4, 0.5) is 0 Å². The first kappa shape index (κ1) is 16.6. The van der Waals surface area contributed by atoms with Crippen molar-refractivity contribution >= 4 is 5.97 Å². The standard InChI is InChI=1S/C21H33NO2/c1-14-7-6-9-21(3)12-19-16(11-18(14)21)17(20(23)24-19)13-22-10-5-4-8-15(22)2/h15-19H,1,4-13H2,2-3H3/t15-,16-,17-,18+,19-,21-/m1/s1. The van der Waals surface area contributed by atoms with Crippen LogP contribution in [-0.2, 0) is 9.53 Å². The number of rotatable bonds is 2. The molecule has 0 aromatic heterocycles. The SMILES string of the molecule is C=C1CCC[C@]2(C)C[C@H]3OC(=O)[C@H](CN4CCCC[C@H]4C)[C@H]3C[C@@H]12. The van der Waals surface area contributed by atoms with Crippen LogP contribution in [0.5, 0.6) is 0 Å². The highest BCUT2D eigenvalue weighted by Gasteiger charge is 2.55. The zero-order chi connectivity index (χ0) is 16.9. The molecule has 3 heteroatoms. The summed E-state index contributed by atoms with van der Waals surface area (Å²) in [6, 6.07) is 0.615. The van der Waals surface area contributed by atoms with E-state index in [1.807, 2.05) is 0 Å². The Hall–Kier alpha value is -0.830. The van der Waals surface area contributed by atoms with Crippen molar-refractivity contribution in [1.82, 2.24) is 4.90 Å². The van der Waals surface area contributed by atoms with Crippen molar-refractivity contribution in [3.63, 3.8) is 0 Å². The molecule has 0 bridgehead atoms. The number of fused-ring (bicyclic) bond motifs is 2. The summed E-state index contributed by atoms with van der Waals surface area (Å²) in [5, 5.41) is 0. The lowest BCUT2D eigenvalue weighted by atomic mass is 9.55. The van der Waals surface area contributed by atoms with E-state index in [1.165, 1.54) is 44.1 Å². The van der Waals surface area contributed by atoms with Gasteiger partial charge in [0.2, 0.25) is 0 Å². The molecular weight excluding hydrogens is 298 g/mol. The fourth-order valence-corrected chi connectivity index (χ4v) is 6.15. The maximum absolute atomic E-state index is 12.6. The Balaban J connectivity index is 1.51. The summed E-state index contributed by atoms with van der Waals surface area (Å²) < 4.78 is 5.91. The number of esters is 1. The van der Waals surface area contributed by atoms with Gasteiger partial charge >= 0.3 is 5.97 Å². The number of carbonyl (C=O) groups excluding carboxylic acids is 1. The van der Waals surface area contributed by atoms with Gasteiger partial charge in [0.25, 0.3) is 0 Å². The quantitative estimate of drug-likeness (QED) is 0.562. The summed E-state index contributed by atoms with van der Waals surface area (Å²) >= 11 is 0. The molecule has 2 heterocycles. The summed E-state index contributed by atoms with van der Waals surface area (Å²) in [7, 11) is 0. The topological polar surface area (TPSA) is 29.5 Å². The fourth-order valence-electron chi connectivity index (χ4n) is 6.15. The van der Waals surface area contributed by atoms with E-state index in [0.29, 0.717) is 23.3 Å². The molecule has 2 saturated heterocycles.